The van der Waals surface area contributed by atoms with Crippen LogP contribution in [0.2, 0.25) is 0 Å². The van der Waals surface area contributed by atoms with Crippen LogP contribution in [0, 0.1) is 0 Å². The Morgan fingerprint density at radius 1 is 1.29 bits per heavy atom. The van der Waals surface area contributed by atoms with Gasteiger partial charge in [0.25, 0.3) is 0 Å². The van der Waals surface area contributed by atoms with Gasteiger partial charge in [0.15, 0.2) is 0 Å². The molecule has 0 N–H and O–H groups in total. The Morgan fingerprint density at radius 3 is 2.53 bits per heavy atom. The zero-order valence-electron chi connectivity index (χ0n) is 10.4. The van der Waals surface area contributed by atoms with Gasteiger partial charge in [-0.3, -0.25) is 9.59 Å². The molecule has 0 aliphatic rings. The van der Waals surface area contributed by atoms with Crippen LogP contribution in [0.1, 0.15) is 38.3 Å². The topological polar surface area (TPSA) is 43.4 Å². The Bertz CT molecular complexity index is 402. The van der Waals surface area contributed by atoms with E-state index < -0.39 is 5.60 Å². The maximum absolute atomic E-state index is 11.5. The lowest BCUT2D eigenvalue weighted by atomic mass is 10.0. The summed E-state index contributed by atoms with van der Waals surface area (Å²) in [5.74, 6) is -0.252. The molecule has 0 saturated heterocycles. The van der Waals surface area contributed by atoms with Crippen LogP contribution in [0.3, 0.4) is 0 Å². The molecule has 0 aliphatic carbocycles. The summed E-state index contributed by atoms with van der Waals surface area (Å²) in [7, 11) is 0. The zero-order valence-corrected chi connectivity index (χ0v) is 10.4. The van der Waals surface area contributed by atoms with Crippen molar-refractivity contribution in [2.24, 2.45) is 0 Å². The van der Waals surface area contributed by atoms with Gasteiger partial charge in [-0.25, -0.2) is 0 Å². The summed E-state index contributed by atoms with van der Waals surface area (Å²) in [6.07, 6.45) is 2.64. The Hall–Kier alpha value is -1.64. The molecule has 1 radical (unpaired) electrons. The quantitative estimate of drug-likeness (QED) is 0.750. The highest BCUT2D eigenvalue weighted by molar-refractivity contribution is 5.78. The molecule has 0 atom stereocenters. The van der Waals surface area contributed by atoms with Gasteiger partial charge < -0.3 is 4.74 Å². The second kappa shape index (κ2) is 5.62. The number of hydrogen-bond donors (Lipinski definition) is 0. The number of benzene rings is 1. The van der Waals surface area contributed by atoms with Crippen molar-refractivity contribution >= 4 is 12.3 Å². The number of carbonyl (C=O) groups is 1. The highest BCUT2D eigenvalue weighted by Crippen LogP contribution is 2.12. The van der Waals surface area contributed by atoms with Gasteiger partial charge in [-0.05, 0) is 32.8 Å². The third kappa shape index (κ3) is 4.81. The molecule has 0 spiro atoms. The summed E-state index contributed by atoms with van der Waals surface area (Å²) in [4.78, 5) is 22.2. The van der Waals surface area contributed by atoms with E-state index in [4.69, 9.17) is 4.74 Å². The van der Waals surface area contributed by atoms with E-state index in [0.717, 1.165) is 5.56 Å². The van der Waals surface area contributed by atoms with Crippen LogP contribution in [-0.4, -0.2) is 17.9 Å². The van der Waals surface area contributed by atoms with Crippen molar-refractivity contribution < 1.29 is 14.3 Å². The van der Waals surface area contributed by atoms with Crippen molar-refractivity contribution in [2.45, 2.75) is 39.2 Å². The van der Waals surface area contributed by atoms with Crippen molar-refractivity contribution in [1.29, 1.82) is 0 Å². The highest BCUT2D eigenvalue weighted by atomic mass is 16.6. The SMILES string of the molecule is CC(C)(C)OC(=O)CCc1ccccc1[C]=O. The summed E-state index contributed by atoms with van der Waals surface area (Å²) >= 11 is 0. The molecule has 17 heavy (non-hydrogen) atoms. The zero-order chi connectivity index (χ0) is 12.9. The van der Waals surface area contributed by atoms with Gasteiger partial charge in [0.2, 0.25) is 6.29 Å². The van der Waals surface area contributed by atoms with Crippen LogP contribution in [0.4, 0.5) is 0 Å². The standard InChI is InChI=1S/C14H17O3/c1-14(2,3)17-13(16)9-8-11-6-4-5-7-12(11)10-15/h4-7H,8-9H2,1-3H3. The van der Waals surface area contributed by atoms with Gasteiger partial charge in [-0.2, -0.15) is 0 Å². The van der Waals surface area contributed by atoms with E-state index in [9.17, 15) is 9.59 Å². The van der Waals surface area contributed by atoms with Crippen LogP contribution < -0.4 is 0 Å². The van der Waals surface area contributed by atoms with Gasteiger partial charge in [-0.15, -0.1) is 0 Å². The minimum absolute atomic E-state index is 0.252. The molecule has 0 aromatic heterocycles. The minimum Gasteiger partial charge on any atom is -0.460 e. The van der Waals surface area contributed by atoms with Crippen molar-refractivity contribution in [3.8, 4) is 0 Å². The number of esters is 1. The first-order chi connectivity index (χ1) is 7.92. The van der Waals surface area contributed by atoms with Crippen molar-refractivity contribution in [3.05, 3.63) is 35.4 Å². The molecule has 0 heterocycles. The lowest BCUT2D eigenvalue weighted by Gasteiger charge is -2.19. The molecule has 91 valence electrons. The molecule has 0 amide bonds. The van der Waals surface area contributed by atoms with E-state index in [1.54, 1.807) is 12.1 Å². The smallest absolute Gasteiger partial charge is 0.306 e. The Balaban J connectivity index is 2.56. The van der Waals surface area contributed by atoms with Gasteiger partial charge in [0.05, 0.1) is 0 Å². The first kappa shape index (κ1) is 13.4. The molecule has 0 bridgehead atoms. The molecule has 0 saturated carbocycles. The van der Waals surface area contributed by atoms with Crippen LogP contribution in [0.15, 0.2) is 24.3 Å². The van der Waals surface area contributed by atoms with Crippen molar-refractivity contribution in [3.63, 3.8) is 0 Å². The summed E-state index contributed by atoms with van der Waals surface area (Å²) in [6, 6.07) is 7.13. The van der Waals surface area contributed by atoms with Crippen LogP contribution in [0.5, 0.6) is 0 Å². The maximum Gasteiger partial charge on any atom is 0.306 e. The largest absolute Gasteiger partial charge is 0.460 e. The fourth-order valence-electron chi connectivity index (χ4n) is 1.47. The average molecular weight is 233 g/mol. The summed E-state index contributed by atoms with van der Waals surface area (Å²) in [6.45, 7) is 5.49. The van der Waals surface area contributed by atoms with E-state index >= 15 is 0 Å². The van der Waals surface area contributed by atoms with Crippen LogP contribution in [-0.2, 0) is 20.7 Å². The normalized spacial score (nSPS) is 11.0. The Kier molecular flexibility index (Phi) is 4.44. The predicted octanol–water partition coefficient (Wildman–Crippen LogP) is 2.42. The fourth-order valence-corrected chi connectivity index (χ4v) is 1.47. The fraction of sp³-hybridized carbons (Fsp3) is 0.429. The van der Waals surface area contributed by atoms with Gasteiger partial charge in [0.1, 0.15) is 5.60 Å². The third-order valence-electron chi connectivity index (χ3n) is 2.15. The van der Waals surface area contributed by atoms with E-state index in [0.29, 0.717) is 12.0 Å². The van der Waals surface area contributed by atoms with Crippen molar-refractivity contribution in [1.82, 2.24) is 0 Å². The number of hydrogen-bond acceptors (Lipinski definition) is 3. The third-order valence-corrected chi connectivity index (χ3v) is 2.15. The Morgan fingerprint density at radius 2 is 1.94 bits per heavy atom. The molecular weight excluding hydrogens is 216 g/mol. The van der Waals surface area contributed by atoms with E-state index in [1.807, 2.05) is 39.2 Å². The molecule has 0 aliphatic heterocycles. The van der Waals surface area contributed by atoms with Crippen LogP contribution in [0.25, 0.3) is 0 Å². The molecule has 1 rings (SSSR count). The summed E-state index contributed by atoms with van der Waals surface area (Å²) in [5.41, 5.74) is 0.873. The number of rotatable bonds is 4. The molecule has 1 aromatic carbocycles. The second-order valence-corrected chi connectivity index (χ2v) is 4.85. The number of ether oxygens (including phenoxy) is 1. The summed E-state index contributed by atoms with van der Waals surface area (Å²) in [5, 5.41) is 0. The van der Waals surface area contributed by atoms with Gasteiger partial charge >= 0.3 is 5.97 Å². The molecule has 3 heteroatoms. The maximum atomic E-state index is 11.5. The van der Waals surface area contributed by atoms with E-state index in [-0.39, 0.29) is 12.4 Å². The van der Waals surface area contributed by atoms with Crippen LogP contribution >= 0.6 is 0 Å². The molecule has 3 nitrogen and oxygen atoms in total. The van der Waals surface area contributed by atoms with E-state index in [1.165, 1.54) is 0 Å². The molecule has 1 aromatic rings. The minimum atomic E-state index is -0.465. The van der Waals surface area contributed by atoms with E-state index in [2.05, 4.69) is 0 Å². The van der Waals surface area contributed by atoms with Crippen molar-refractivity contribution in [2.75, 3.05) is 0 Å². The van der Waals surface area contributed by atoms with Gasteiger partial charge in [0, 0.05) is 12.0 Å². The van der Waals surface area contributed by atoms with Gasteiger partial charge in [-0.1, -0.05) is 24.3 Å². The first-order valence-electron chi connectivity index (χ1n) is 5.60. The molecular formula is C14H17O3. The lowest BCUT2D eigenvalue weighted by molar-refractivity contribution is -0.154. The molecule has 0 fully saturated rings. The predicted molar refractivity (Wildman–Crippen MR) is 65.4 cm³/mol. The summed E-state index contributed by atoms with van der Waals surface area (Å²) < 4.78 is 5.20. The number of carbonyl (C=O) groups excluding carboxylic acids is 2. The average Bonchev–Trinajstić information content (AvgIpc) is 2.24. The lowest BCUT2D eigenvalue weighted by Crippen LogP contribution is -2.24. The second-order valence-electron chi connectivity index (χ2n) is 4.85. The number of aryl methyl sites for hydroxylation is 1. The Labute approximate surface area is 102 Å². The highest BCUT2D eigenvalue weighted by Gasteiger charge is 2.16. The molecule has 0 unspecified atom stereocenters. The first-order valence-corrected chi connectivity index (χ1v) is 5.60. The monoisotopic (exact) mass is 233 g/mol.